The minimum absolute atomic E-state index is 0.100. The summed E-state index contributed by atoms with van der Waals surface area (Å²) in [5.41, 5.74) is 1.09. The van der Waals surface area contributed by atoms with Crippen LogP contribution in [0.4, 0.5) is 4.39 Å². The summed E-state index contributed by atoms with van der Waals surface area (Å²) in [6, 6.07) is 5.42. The van der Waals surface area contributed by atoms with Gasteiger partial charge in [-0.15, -0.1) is 0 Å². The molecule has 0 spiro atoms. The average Bonchev–Trinajstić information content (AvgIpc) is 1.98. The van der Waals surface area contributed by atoms with Gasteiger partial charge in [-0.1, -0.05) is 19.4 Å². The van der Waals surface area contributed by atoms with Crippen molar-refractivity contribution in [2.24, 2.45) is 0 Å². The normalized spacial score (nSPS) is 10.1. The minimum Gasteiger partial charge on any atom is -0.206 e. The maximum atomic E-state index is 12.9. The van der Waals surface area contributed by atoms with Gasteiger partial charge in [-0.3, -0.25) is 0 Å². The summed E-state index contributed by atoms with van der Waals surface area (Å²) in [4.78, 5) is 0. The van der Waals surface area contributed by atoms with Gasteiger partial charge in [0.15, 0.2) is 0 Å². The third-order valence-corrected chi connectivity index (χ3v) is 2.40. The first-order chi connectivity index (χ1) is 5.24. The maximum Gasteiger partial charge on any atom is 0.136 e. The number of hydrogen-bond donors (Lipinski definition) is 0. The Kier molecular flexibility index (Phi) is 3.30. The van der Waals surface area contributed by atoms with Crippen LogP contribution in [0.25, 0.3) is 0 Å². The van der Waals surface area contributed by atoms with E-state index >= 15 is 0 Å². The van der Waals surface area contributed by atoms with Gasteiger partial charge in [-0.25, -0.2) is 4.39 Å². The van der Waals surface area contributed by atoms with Crippen molar-refractivity contribution >= 4 is 22.6 Å². The van der Waals surface area contributed by atoms with Crippen LogP contribution in [0.15, 0.2) is 18.2 Å². The van der Waals surface area contributed by atoms with Crippen molar-refractivity contribution in [1.29, 1.82) is 0 Å². The van der Waals surface area contributed by atoms with Crippen molar-refractivity contribution in [3.8, 4) is 0 Å². The molecule has 0 aliphatic carbocycles. The third kappa shape index (κ3) is 2.43. The van der Waals surface area contributed by atoms with E-state index in [-0.39, 0.29) is 5.82 Å². The number of rotatable bonds is 2. The summed E-state index contributed by atoms with van der Waals surface area (Å²) in [6.45, 7) is 2.09. The van der Waals surface area contributed by atoms with Crippen LogP contribution in [0.1, 0.15) is 18.9 Å². The van der Waals surface area contributed by atoms with Gasteiger partial charge in [0.05, 0.1) is 0 Å². The molecule has 60 valence electrons. The van der Waals surface area contributed by atoms with Crippen LogP contribution in [0.3, 0.4) is 0 Å². The highest BCUT2D eigenvalue weighted by atomic mass is 127. The Morgan fingerprint density at radius 3 is 2.73 bits per heavy atom. The Labute approximate surface area is 80.0 Å². The molecule has 0 saturated carbocycles. The lowest BCUT2D eigenvalue weighted by Crippen LogP contribution is -1.87. The Morgan fingerprint density at radius 2 is 2.18 bits per heavy atom. The Balaban J connectivity index is 2.86. The maximum absolute atomic E-state index is 12.9. The molecule has 11 heavy (non-hydrogen) atoms. The van der Waals surface area contributed by atoms with E-state index in [1.165, 1.54) is 0 Å². The molecule has 1 aromatic rings. The molecule has 0 amide bonds. The molecule has 0 aliphatic rings. The summed E-state index contributed by atoms with van der Waals surface area (Å²) in [6.07, 6.45) is 2.04. The fraction of sp³-hybridized carbons (Fsp3) is 0.333. The third-order valence-electron chi connectivity index (χ3n) is 1.52. The summed E-state index contributed by atoms with van der Waals surface area (Å²) >= 11 is 1.99. The van der Waals surface area contributed by atoms with Crippen LogP contribution in [0.5, 0.6) is 0 Å². The molecule has 0 unspecified atom stereocenters. The Morgan fingerprint density at radius 1 is 1.45 bits per heavy atom. The highest BCUT2D eigenvalue weighted by molar-refractivity contribution is 14.1. The molecule has 0 aromatic heterocycles. The molecule has 0 saturated heterocycles. The van der Waals surface area contributed by atoms with Crippen molar-refractivity contribution in [2.75, 3.05) is 0 Å². The van der Waals surface area contributed by atoms with Gasteiger partial charge < -0.3 is 0 Å². The Bertz CT molecular complexity index is 245. The monoisotopic (exact) mass is 264 g/mol. The summed E-state index contributed by atoms with van der Waals surface area (Å²) in [7, 11) is 0. The van der Waals surface area contributed by atoms with E-state index in [2.05, 4.69) is 6.92 Å². The predicted molar refractivity (Wildman–Crippen MR) is 53.1 cm³/mol. The standard InChI is InChI=1S/C9H10FI/c1-2-3-7-4-5-9(11)8(10)6-7/h4-6H,2-3H2,1H3. The van der Waals surface area contributed by atoms with Crippen molar-refractivity contribution in [1.82, 2.24) is 0 Å². The fourth-order valence-electron chi connectivity index (χ4n) is 0.984. The summed E-state index contributed by atoms with van der Waals surface area (Å²) in [5.74, 6) is -0.100. The molecule has 1 aromatic carbocycles. The van der Waals surface area contributed by atoms with Crippen LogP contribution in [0, 0.1) is 9.39 Å². The first kappa shape index (κ1) is 8.97. The van der Waals surface area contributed by atoms with Crippen molar-refractivity contribution in [3.05, 3.63) is 33.1 Å². The van der Waals surface area contributed by atoms with Crippen LogP contribution in [-0.2, 0) is 6.42 Å². The topological polar surface area (TPSA) is 0 Å². The molecule has 0 nitrogen and oxygen atoms in total. The van der Waals surface area contributed by atoms with Gasteiger partial charge in [0.2, 0.25) is 0 Å². The molecular weight excluding hydrogens is 254 g/mol. The molecule has 0 fully saturated rings. The molecule has 0 heterocycles. The van der Waals surface area contributed by atoms with Crippen molar-refractivity contribution in [2.45, 2.75) is 19.8 Å². The zero-order valence-electron chi connectivity index (χ0n) is 6.40. The average molecular weight is 264 g/mol. The van der Waals surface area contributed by atoms with Gasteiger partial charge in [0.25, 0.3) is 0 Å². The largest absolute Gasteiger partial charge is 0.206 e. The highest BCUT2D eigenvalue weighted by Gasteiger charge is 1.98. The molecular formula is C9H10FI. The second kappa shape index (κ2) is 4.04. The molecule has 0 aliphatic heterocycles. The fourth-order valence-corrected chi connectivity index (χ4v) is 1.32. The molecule has 0 radical (unpaired) electrons. The van der Waals surface area contributed by atoms with E-state index in [0.717, 1.165) is 18.4 Å². The number of benzene rings is 1. The predicted octanol–water partition coefficient (Wildman–Crippen LogP) is 3.38. The van der Waals surface area contributed by atoms with E-state index in [1.807, 2.05) is 34.7 Å². The Hall–Kier alpha value is -0.120. The lowest BCUT2D eigenvalue weighted by molar-refractivity contribution is 0.617. The SMILES string of the molecule is CCCc1ccc(I)c(F)c1. The molecule has 0 bridgehead atoms. The number of halogens is 2. The molecule has 0 N–H and O–H groups in total. The van der Waals surface area contributed by atoms with Crippen LogP contribution in [0.2, 0.25) is 0 Å². The lowest BCUT2D eigenvalue weighted by atomic mass is 10.1. The van der Waals surface area contributed by atoms with Crippen molar-refractivity contribution < 1.29 is 4.39 Å². The van der Waals surface area contributed by atoms with E-state index in [4.69, 9.17) is 0 Å². The van der Waals surface area contributed by atoms with E-state index in [1.54, 1.807) is 6.07 Å². The first-order valence-corrected chi connectivity index (χ1v) is 4.76. The number of aryl methyl sites for hydroxylation is 1. The summed E-state index contributed by atoms with van der Waals surface area (Å²) in [5, 5.41) is 0. The second-order valence-electron chi connectivity index (χ2n) is 2.50. The van der Waals surface area contributed by atoms with Gasteiger partial charge in [-0.05, 0) is 46.7 Å². The van der Waals surface area contributed by atoms with Gasteiger partial charge in [0, 0.05) is 3.57 Å². The number of hydrogen-bond acceptors (Lipinski definition) is 0. The highest BCUT2D eigenvalue weighted by Crippen LogP contribution is 2.13. The second-order valence-corrected chi connectivity index (χ2v) is 3.66. The summed E-state index contributed by atoms with van der Waals surface area (Å²) < 4.78 is 13.6. The quantitative estimate of drug-likeness (QED) is 0.718. The smallest absolute Gasteiger partial charge is 0.136 e. The van der Waals surface area contributed by atoms with E-state index in [9.17, 15) is 4.39 Å². The molecule has 1 rings (SSSR count). The van der Waals surface area contributed by atoms with Gasteiger partial charge >= 0.3 is 0 Å². The molecule has 0 atom stereocenters. The van der Waals surface area contributed by atoms with Crippen LogP contribution >= 0.6 is 22.6 Å². The zero-order valence-corrected chi connectivity index (χ0v) is 8.56. The lowest BCUT2D eigenvalue weighted by Gasteiger charge is -1.99. The molecule has 2 heteroatoms. The van der Waals surface area contributed by atoms with Gasteiger partial charge in [-0.2, -0.15) is 0 Å². The van der Waals surface area contributed by atoms with E-state index < -0.39 is 0 Å². The van der Waals surface area contributed by atoms with Gasteiger partial charge in [0.1, 0.15) is 5.82 Å². The minimum atomic E-state index is -0.100. The van der Waals surface area contributed by atoms with Crippen molar-refractivity contribution in [3.63, 3.8) is 0 Å². The first-order valence-electron chi connectivity index (χ1n) is 3.68. The van der Waals surface area contributed by atoms with Crippen LogP contribution in [-0.4, -0.2) is 0 Å². The zero-order chi connectivity index (χ0) is 8.27. The van der Waals surface area contributed by atoms with E-state index in [0.29, 0.717) is 3.57 Å². The van der Waals surface area contributed by atoms with Crippen LogP contribution < -0.4 is 0 Å².